The minimum atomic E-state index is -0.436. The summed E-state index contributed by atoms with van der Waals surface area (Å²) in [5.41, 5.74) is 0.766. The zero-order valence-electron chi connectivity index (χ0n) is 11.9. The van der Waals surface area contributed by atoms with Gasteiger partial charge in [-0.15, -0.1) is 0 Å². The second kappa shape index (κ2) is 5.78. The molecule has 0 heterocycles. The summed E-state index contributed by atoms with van der Waals surface area (Å²) < 4.78 is 0. The molecule has 0 aromatic heterocycles. The summed E-state index contributed by atoms with van der Waals surface area (Å²) in [7, 11) is 0. The van der Waals surface area contributed by atoms with E-state index in [0.717, 1.165) is 5.71 Å². The lowest BCUT2D eigenvalue weighted by Gasteiger charge is -2.25. The largest absolute Gasteiger partial charge is 0.387 e. The highest BCUT2D eigenvalue weighted by atomic mass is 16.3. The molecule has 0 aliphatic carbocycles. The number of nitrogens with one attached hydrogen (secondary N) is 1. The first-order valence-electron chi connectivity index (χ1n) is 6.07. The van der Waals surface area contributed by atoms with Gasteiger partial charge in [0.15, 0.2) is 0 Å². The van der Waals surface area contributed by atoms with E-state index in [4.69, 9.17) is 0 Å². The van der Waals surface area contributed by atoms with Gasteiger partial charge in [0.2, 0.25) is 0 Å². The van der Waals surface area contributed by atoms with Gasteiger partial charge >= 0.3 is 0 Å². The Balaban J connectivity index is 4.64. The molecule has 0 aliphatic heterocycles. The van der Waals surface area contributed by atoms with Crippen molar-refractivity contribution in [3.05, 3.63) is 0 Å². The predicted molar refractivity (Wildman–Crippen MR) is 71.2 cm³/mol. The first-order valence-corrected chi connectivity index (χ1v) is 6.07. The van der Waals surface area contributed by atoms with Gasteiger partial charge in [-0.2, -0.15) is 0 Å². The van der Waals surface area contributed by atoms with Gasteiger partial charge in [-0.3, -0.25) is 4.99 Å². The Hall–Kier alpha value is -0.410. The highest BCUT2D eigenvalue weighted by molar-refractivity contribution is 5.90. The quantitative estimate of drug-likeness (QED) is 0.726. The minimum Gasteiger partial charge on any atom is -0.387 e. The van der Waals surface area contributed by atoms with Gasteiger partial charge in [0.1, 0.15) is 0 Å². The molecular weight excluding hydrogens is 200 g/mol. The first-order chi connectivity index (χ1) is 7.05. The third-order valence-corrected chi connectivity index (χ3v) is 2.05. The van der Waals surface area contributed by atoms with Crippen LogP contribution >= 0.6 is 0 Å². The highest BCUT2D eigenvalue weighted by Crippen LogP contribution is 2.10. The normalized spacial score (nSPS) is 16.4. The van der Waals surface area contributed by atoms with Crippen LogP contribution in [0.3, 0.4) is 0 Å². The lowest BCUT2D eigenvalue weighted by atomic mass is 10.1. The van der Waals surface area contributed by atoms with Crippen LogP contribution in [0.4, 0.5) is 0 Å². The summed E-state index contributed by atoms with van der Waals surface area (Å²) in [6.07, 6.45) is 0.273. The molecule has 2 N–H and O–H groups in total. The SMILES string of the molecule is CC[C@H](O)/C(CNC(C)(C)C)=N/C(C)(C)C. The van der Waals surface area contributed by atoms with Gasteiger partial charge in [-0.05, 0) is 48.0 Å². The molecule has 0 amide bonds. The van der Waals surface area contributed by atoms with Crippen molar-refractivity contribution >= 4 is 5.71 Å². The fraction of sp³-hybridized carbons (Fsp3) is 0.923. The van der Waals surface area contributed by atoms with Crippen molar-refractivity contribution in [2.45, 2.75) is 72.1 Å². The molecule has 16 heavy (non-hydrogen) atoms. The van der Waals surface area contributed by atoms with E-state index in [9.17, 15) is 5.11 Å². The van der Waals surface area contributed by atoms with Crippen molar-refractivity contribution in [3.63, 3.8) is 0 Å². The van der Waals surface area contributed by atoms with E-state index in [-0.39, 0.29) is 11.1 Å². The van der Waals surface area contributed by atoms with Crippen LogP contribution in [-0.4, -0.2) is 34.5 Å². The van der Waals surface area contributed by atoms with Crippen LogP contribution in [0.2, 0.25) is 0 Å². The Labute approximate surface area is 100 Å². The van der Waals surface area contributed by atoms with Crippen LogP contribution in [0.5, 0.6) is 0 Å². The molecule has 0 saturated carbocycles. The number of aliphatic imine (C=N–C) groups is 1. The van der Waals surface area contributed by atoms with Gasteiger partial charge in [-0.1, -0.05) is 6.92 Å². The molecule has 0 aliphatic rings. The maximum absolute atomic E-state index is 9.91. The summed E-state index contributed by atoms with van der Waals surface area (Å²) in [4.78, 5) is 4.59. The number of aliphatic hydroxyl groups is 1. The average Bonchev–Trinajstić information content (AvgIpc) is 2.07. The second-order valence-electron chi connectivity index (χ2n) is 6.30. The van der Waals surface area contributed by atoms with Crippen molar-refractivity contribution < 1.29 is 5.11 Å². The van der Waals surface area contributed by atoms with Crippen LogP contribution in [-0.2, 0) is 0 Å². The van der Waals surface area contributed by atoms with Crippen LogP contribution in [0.1, 0.15) is 54.9 Å². The highest BCUT2D eigenvalue weighted by Gasteiger charge is 2.18. The Morgan fingerprint density at radius 2 is 1.69 bits per heavy atom. The molecule has 3 heteroatoms. The van der Waals surface area contributed by atoms with Crippen molar-refractivity contribution in [1.29, 1.82) is 0 Å². The topological polar surface area (TPSA) is 44.6 Å². The van der Waals surface area contributed by atoms with Crippen molar-refractivity contribution in [1.82, 2.24) is 5.32 Å². The van der Waals surface area contributed by atoms with Gasteiger partial charge in [0, 0.05) is 12.1 Å². The lowest BCUT2D eigenvalue weighted by Crippen LogP contribution is -2.43. The van der Waals surface area contributed by atoms with Gasteiger partial charge in [0.25, 0.3) is 0 Å². The van der Waals surface area contributed by atoms with E-state index < -0.39 is 6.10 Å². The van der Waals surface area contributed by atoms with Gasteiger partial charge < -0.3 is 10.4 Å². The Kier molecular flexibility index (Phi) is 5.63. The standard InChI is InChI=1S/C13H28N2O/c1-8-11(16)10(15-13(5,6)7)9-14-12(2,3)4/h11,14,16H,8-9H2,1-7H3/b15-10+/t11-/m0/s1. The van der Waals surface area contributed by atoms with Crippen molar-refractivity contribution in [2.75, 3.05) is 6.54 Å². The molecule has 0 bridgehead atoms. The average molecular weight is 228 g/mol. The van der Waals surface area contributed by atoms with E-state index in [2.05, 4.69) is 31.1 Å². The van der Waals surface area contributed by atoms with E-state index in [1.54, 1.807) is 0 Å². The summed E-state index contributed by atoms with van der Waals surface area (Å²) in [5, 5.41) is 13.3. The smallest absolute Gasteiger partial charge is 0.0927 e. The third kappa shape index (κ3) is 7.83. The van der Waals surface area contributed by atoms with Crippen molar-refractivity contribution in [3.8, 4) is 0 Å². The number of nitrogens with zero attached hydrogens (tertiary/aromatic N) is 1. The molecule has 0 unspecified atom stereocenters. The molecule has 0 fully saturated rings. The summed E-state index contributed by atoms with van der Waals surface area (Å²) in [6, 6.07) is 0. The zero-order valence-corrected chi connectivity index (χ0v) is 11.9. The predicted octanol–water partition coefficient (Wildman–Crippen LogP) is 2.38. The Bertz CT molecular complexity index is 233. The summed E-state index contributed by atoms with van der Waals surface area (Å²) in [6.45, 7) is 15.1. The molecule has 0 aromatic rings. The number of hydrogen-bond acceptors (Lipinski definition) is 3. The number of rotatable bonds is 4. The van der Waals surface area contributed by atoms with Crippen LogP contribution in [0.15, 0.2) is 4.99 Å². The van der Waals surface area contributed by atoms with E-state index >= 15 is 0 Å². The molecule has 3 nitrogen and oxygen atoms in total. The van der Waals surface area contributed by atoms with E-state index in [1.807, 2.05) is 27.7 Å². The Morgan fingerprint density at radius 1 is 1.19 bits per heavy atom. The molecule has 1 atom stereocenters. The van der Waals surface area contributed by atoms with Crippen molar-refractivity contribution in [2.24, 2.45) is 4.99 Å². The minimum absolute atomic E-state index is 0.0477. The summed E-state index contributed by atoms with van der Waals surface area (Å²) in [5.74, 6) is 0. The van der Waals surface area contributed by atoms with Crippen LogP contribution in [0, 0.1) is 0 Å². The zero-order chi connectivity index (χ0) is 13.0. The molecule has 0 rings (SSSR count). The maximum atomic E-state index is 9.91. The number of hydrogen-bond donors (Lipinski definition) is 2. The number of aliphatic hydroxyl groups excluding tert-OH is 1. The van der Waals surface area contributed by atoms with Crippen LogP contribution in [0.25, 0.3) is 0 Å². The van der Waals surface area contributed by atoms with Gasteiger partial charge in [-0.25, -0.2) is 0 Å². The lowest BCUT2D eigenvalue weighted by molar-refractivity contribution is 0.232. The van der Waals surface area contributed by atoms with Gasteiger partial charge in [0.05, 0.1) is 17.4 Å². The van der Waals surface area contributed by atoms with E-state index in [0.29, 0.717) is 13.0 Å². The first kappa shape index (κ1) is 15.6. The monoisotopic (exact) mass is 228 g/mol. The molecule has 96 valence electrons. The third-order valence-electron chi connectivity index (χ3n) is 2.05. The molecule has 0 aromatic carbocycles. The molecule has 0 spiro atoms. The Morgan fingerprint density at radius 3 is 2.00 bits per heavy atom. The molecule has 0 saturated heterocycles. The maximum Gasteiger partial charge on any atom is 0.0927 e. The fourth-order valence-electron chi connectivity index (χ4n) is 1.25. The molecule has 0 radical (unpaired) electrons. The summed E-state index contributed by atoms with van der Waals surface area (Å²) >= 11 is 0. The van der Waals surface area contributed by atoms with Crippen LogP contribution < -0.4 is 5.32 Å². The second-order valence-corrected chi connectivity index (χ2v) is 6.30. The fourth-order valence-corrected chi connectivity index (χ4v) is 1.25. The molecular formula is C13H28N2O. The van der Waals surface area contributed by atoms with E-state index in [1.165, 1.54) is 0 Å².